The van der Waals surface area contributed by atoms with Crippen LogP contribution in [0, 0.1) is 0 Å². The van der Waals surface area contributed by atoms with Gasteiger partial charge in [0.25, 0.3) is 0 Å². The molecule has 0 atom stereocenters. The molecule has 1 amide bonds. The summed E-state index contributed by atoms with van der Waals surface area (Å²) >= 11 is 7.24. The van der Waals surface area contributed by atoms with E-state index in [1.165, 1.54) is 11.3 Å². The lowest BCUT2D eigenvalue weighted by Crippen LogP contribution is -2.24. The van der Waals surface area contributed by atoms with Crippen molar-refractivity contribution in [3.8, 4) is 0 Å². The van der Waals surface area contributed by atoms with Crippen LogP contribution < -0.4 is 5.32 Å². The number of carbonyl (C=O) groups is 2. The van der Waals surface area contributed by atoms with Crippen LogP contribution in [0.5, 0.6) is 0 Å². The Hall–Kier alpha value is -1.07. The fourth-order valence-electron chi connectivity index (χ4n) is 1.28. The van der Waals surface area contributed by atoms with Crippen LogP contribution in [0.1, 0.15) is 24.1 Å². The van der Waals surface area contributed by atoms with Gasteiger partial charge in [0.15, 0.2) is 0 Å². The van der Waals surface area contributed by atoms with E-state index < -0.39 is 5.97 Å². The van der Waals surface area contributed by atoms with E-state index in [4.69, 9.17) is 16.7 Å². The lowest BCUT2D eigenvalue weighted by molar-refractivity contribution is -0.137. The molecule has 0 fully saturated rings. The van der Waals surface area contributed by atoms with Gasteiger partial charge in [0.1, 0.15) is 0 Å². The van der Waals surface area contributed by atoms with E-state index in [9.17, 15) is 9.59 Å². The van der Waals surface area contributed by atoms with Crippen LogP contribution in [0.4, 0.5) is 0 Å². The molecule has 0 unspecified atom stereocenters. The van der Waals surface area contributed by atoms with Gasteiger partial charge in [-0.15, -0.1) is 11.3 Å². The molecule has 0 aliphatic heterocycles. The molecule has 4 nitrogen and oxygen atoms in total. The van der Waals surface area contributed by atoms with E-state index in [2.05, 4.69) is 5.32 Å². The quantitative estimate of drug-likeness (QED) is 0.751. The van der Waals surface area contributed by atoms with Crippen LogP contribution >= 0.6 is 22.9 Å². The fourth-order valence-corrected chi connectivity index (χ4v) is 2.37. The minimum absolute atomic E-state index is 0.0556. The zero-order chi connectivity index (χ0) is 12.7. The third kappa shape index (κ3) is 6.28. The van der Waals surface area contributed by atoms with E-state index in [0.717, 1.165) is 9.21 Å². The number of halogens is 1. The first-order chi connectivity index (χ1) is 8.08. The van der Waals surface area contributed by atoms with Gasteiger partial charge in [-0.25, -0.2) is 0 Å². The Bertz CT molecular complexity index is 392. The van der Waals surface area contributed by atoms with E-state index in [0.29, 0.717) is 25.8 Å². The molecule has 0 spiro atoms. The molecule has 1 aromatic rings. The molecule has 94 valence electrons. The highest BCUT2D eigenvalue weighted by atomic mass is 35.5. The van der Waals surface area contributed by atoms with Gasteiger partial charge in [0, 0.05) is 24.3 Å². The first-order valence-corrected chi connectivity index (χ1v) is 6.50. The Balaban J connectivity index is 2.11. The van der Waals surface area contributed by atoms with Crippen LogP contribution in [-0.4, -0.2) is 23.5 Å². The molecule has 0 aromatic carbocycles. The number of thiophene rings is 1. The normalized spacial score (nSPS) is 10.2. The predicted octanol–water partition coefficient (Wildman–Crippen LogP) is 2.32. The van der Waals surface area contributed by atoms with Crippen molar-refractivity contribution in [2.75, 3.05) is 6.54 Å². The highest BCUT2D eigenvalue weighted by Crippen LogP contribution is 2.22. The van der Waals surface area contributed by atoms with Gasteiger partial charge in [-0.05, 0) is 25.0 Å². The second kappa shape index (κ2) is 7.29. The number of carboxylic acid groups (broad SMARTS) is 1. The first-order valence-electron chi connectivity index (χ1n) is 5.30. The third-order valence-electron chi connectivity index (χ3n) is 2.12. The Kier molecular flexibility index (Phi) is 6.00. The second-order valence-corrected chi connectivity index (χ2v) is 5.35. The van der Waals surface area contributed by atoms with Crippen LogP contribution in [0.25, 0.3) is 0 Å². The highest BCUT2D eigenvalue weighted by molar-refractivity contribution is 7.16. The van der Waals surface area contributed by atoms with Gasteiger partial charge in [-0.3, -0.25) is 9.59 Å². The van der Waals surface area contributed by atoms with Crippen molar-refractivity contribution in [2.45, 2.75) is 25.7 Å². The standard InChI is InChI=1S/C11H14ClNO3S/c12-9-5-3-8(17-9)4-6-10(14)13-7-1-2-11(15)16/h3,5H,1-2,4,6-7H2,(H,13,14)(H,15,16). The molecule has 2 N–H and O–H groups in total. The maximum atomic E-state index is 11.4. The molecule has 0 saturated carbocycles. The minimum Gasteiger partial charge on any atom is -0.481 e. The topological polar surface area (TPSA) is 66.4 Å². The summed E-state index contributed by atoms with van der Waals surface area (Å²) in [5.74, 6) is -0.896. The highest BCUT2D eigenvalue weighted by Gasteiger charge is 2.04. The monoisotopic (exact) mass is 275 g/mol. The molecule has 0 saturated heterocycles. The van der Waals surface area contributed by atoms with Crippen molar-refractivity contribution in [1.82, 2.24) is 5.32 Å². The predicted molar refractivity (Wildman–Crippen MR) is 67.5 cm³/mol. The minimum atomic E-state index is -0.840. The molecular formula is C11H14ClNO3S. The molecular weight excluding hydrogens is 262 g/mol. The van der Waals surface area contributed by atoms with Crippen LogP contribution in [0.15, 0.2) is 12.1 Å². The maximum absolute atomic E-state index is 11.4. The molecule has 1 heterocycles. The van der Waals surface area contributed by atoms with Crippen molar-refractivity contribution >= 4 is 34.8 Å². The molecule has 0 aliphatic rings. The number of amides is 1. The van der Waals surface area contributed by atoms with Gasteiger partial charge in [0.05, 0.1) is 4.34 Å². The van der Waals surface area contributed by atoms with Crippen LogP contribution in [-0.2, 0) is 16.0 Å². The molecule has 1 aromatic heterocycles. The van der Waals surface area contributed by atoms with Crippen molar-refractivity contribution in [3.05, 3.63) is 21.3 Å². The molecule has 0 bridgehead atoms. The maximum Gasteiger partial charge on any atom is 0.303 e. The number of nitrogens with one attached hydrogen (secondary N) is 1. The summed E-state index contributed by atoms with van der Waals surface area (Å²) in [6.07, 6.45) is 1.62. The third-order valence-corrected chi connectivity index (χ3v) is 3.41. The number of carbonyl (C=O) groups excluding carboxylic acids is 1. The van der Waals surface area contributed by atoms with Gasteiger partial charge in [-0.1, -0.05) is 11.6 Å². The lowest BCUT2D eigenvalue weighted by Gasteiger charge is -2.02. The summed E-state index contributed by atoms with van der Waals surface area (Å²) in [7, 11) is 0. The summed E-state index contributed by atoms with van der Waals surface area (Å²) in [5, 5.41) is 11.1. The van der Waals surface area contributed by atoms with Crippen molar-refractivity contribution in [3.63, 3.8) is 0 Å². The molecule has 0 aliphatic carbocycles. The van der Waals surface area contributed by atoms with Gasteiger partial charge in [-0.2, -0.15) is 0 Å². The smallest absolute Gasteiger partial charge is 0.303 e. The Morgan fingerprint density at radius 3 is 2.71 bits per heavy atom. The average molecular weight is 276 g/mol. The largest absolute Gasteiger partial charge is 0.481 e. The van der Waals surface area contributed by atoms with Gasteiger partial charge in [0.2, 0.25) is 5.91 Å². The van der Waals surface area contributed by atoms with Crippen molar-refractivity contribution < 1.29 is 14.7 Å². The number of rotatable bonds is 7. The van der Waals surface area contributed by atoms with Crippen LogP contribution in [0.2, 0.25) is 4.34 Å². The van der Waals surface area contributed by atoms with E-state index in [1.807, 2.05) is 12.1 Å². The van der Waals surface area contributed by atoms with Gasteiger partial charge < -0.3 is 10.4 Å². The summed E-state index contributed by atoms with van der Waals surface area (Å²) in [5.41, 5.74) is 0. The first kappa shape index (κ1) is 14.0. The number of hydrogen-bond donors (Lipinski definition) is 2. The zero-order valence-electron chi connectivity index (χ0n) is 9.24. The lowest BCUT2D eigenvalue weighted by atomic mass is 10.2. The van der Waals surface area contributed by atoms with Crippen molar-refractivity contribution in [1.29, 1.82) is 0 Å². The Morgan fingerprint density at radius 1 is 1.35 bits per heavy atom. The Labute approximate surface area is 109 Å². The Morgan fingerprint density at radius 2 is 2.12 bits per heavy atom. The molecule has 6 heteroatoms. The van der Waals surface area contributed by atoms with Crippen molar-refractivity contribution in [2.24, 2.45) is 0 Å². The van der Waals surface area contributed by atoms with E-state index in [-0.39, 0.29) is 12.3 Å². The summed E-state index contributed by atoms with van der Waals surface area (Å²) in [6.45, 7) is 0.413. The average Bonchev–Trinajstić information content (AvgIpc) is 2.67. The SMILES string of the molecule is O=C(O)CCCNC(=O)CCc1ccc(Cl)s1. The number of aliphatic carboxylic acids is 1. The summed E-state index contributed by atoms with van der Waals surface area (Å²) in [6, 6.07) is 3.72. The number of carboxylic acids is 1. The zero-order valence-corrected chi connectivity index (χ0v) is 10.8. The van der Waals surface area contributed by atoms with E-state index in [1.54, 1.807) is 0 Å². The number of aryl methyl sites for hydroxylation is 1. The molecule has 0 radical (unpaired) electrons. The van der Waals surface area contributed by atoms with E-state index >= 15 is 0 Å². The summed E-state index contributed by atoms with van der Waals surface area (Å²) < 4.78 is 0.724. The second-order valence-electron chi connectivity index (χ2n) is 3.55. The number of hydrogen-bond acceptors (Lipinski definition) is 3. The molecule has 1 rings (SSSR count). The fraction of sp³-hybridized carbons (Fsp3) is 0.455. The molecule has 17 heavy (non-hydrogen) atoms. The summed E-state index contributed by atoms with van der Waals surface area (Å²) in [4.78, 5) is 22.7. The van der Waals surface area contributed by atoms with Crippen LogP contribution in [0.3, 0.4) is 0 Å². The van der Waals surface area contributed by atoms with Gasteiger partial charge >= 0.3 is 5.97 Å².